The Hall–Kier alpha value is -0.0400. The Morgan fingerprint density at radius 2 is 1.79 bits per heavy atom. The van der Waals surface area contributed by atoms with Crippen LogP contribution >= 0.6 is 0 Å². The summed E-state index contributed by atoms with van der Waals surface area (Å²) in [7, 11) is 0. The minimum absolute atomic E-state index is 0.578. The van der Waals surface area contributed by atoms with E-state index in [2.05, 4.69) is 19.2 Å². The van der Waals surface area contributed by atoms with Crippen LogP contribution in [0.4, 0.5) is 0 Å². The van der Waals surface area contributed by atoms with Crippen molar-refractivity contribution in [3.05, 3.63) is 0 Å². The Kier molecular flexibility index (Phi) is 3.16. The van der Waals surface area contributed by atoms with Crippen LogP contribution < -0.4 is 5.32 Å². The highest BCUT2D eigenvalue weighted by molar-refractivity contribution is 4.95. The first-order chi connectivity index (χ1) is 6.68. The van der Waals surface area contributed by atoms with E-state index in [1.165, 1.54) is 51.5 Å². The van der Waals surface area contributed by atoms with E-state index in [0.29, 0.717) is 5.41 Å². The normalized spacial score (nSPS) is 32.6. The summed E-state index contributed by atoms with van der Waals surface area (Å²) in [6, 6.07) is 0.810. The topological polar surface area (TPSA) is 12.0 Å². The van der Waals surface area contributed by atoms with Crippen molar-refractivity contribution in [3.8, 4) is 0 Å². The molecule has 0 spiro atoms. The van der Waals surface area contributed by atoms with E-state index in [1.807, 2.05) is 0 Å². The van der Waals surface area contributed by atoms with E-state index in [9.17, 15) is 0 Å². The van der Waals surface area contributed by atoms with Gasteiger partial charge in [-0.3, -0.25) is 0 Å². The van der Waals surface area contributed by atoms with Gasteiger partial charge in [-0.15, -0.1) is 0 Å². The molecule has 1 aliphatic carbocycles. The van der Waals surface area contributed by atoms with Crippen molar-refractivity contribution < 1.29 is 0 Å². The van der Waals surface area contributed by atoms with E-state index in [0.717, 1.165) is 12.0 Å². The average molecular weight is 195 g/mol. The summed E-state index contributed by atoms with van der Waals surface area (Å²) >= 11 is 0. The molecule has 0 amide bonds. The standard InChI is InChI=1S/C13H25N/c1-13(2)10-14-12(13)9-8-11-6-4-3-5-7-11/h11-12,14H,3-10H2,1-2H3. The molecule has 1 heterocycles. The molecular weight excluding hydrogens is 170 g/mol. The lowest BCUT2D eigenvalue weighted by atomic mass is 9.73. The van der Waals surface area contributed by atoms with Crippen LogP contribution in [0.2, 0.25) is 0 Å². The zero-order valence-corrected chi connectivity index (χ0v) is 9.81. The van der Waals surface area contributed by atoms with Gasteiger partial charge in [0.2, 0.25) is 0 Å². The Bertz CT molecular complexity index is 180. The summed E-state index contributed by atoms with van der Waals surface area (Å²) in [6.45, 7) is 6.02. The second-order valence-corrected chi connectivity index (χ2v) is 6.00. The maximum absolute atomic E-state index is 3.58. The van der Waals surface area contributed by atoms with Gasteiger partial charge in [-0.05, 0) is 24.2 Å². The fraction of sp³-hybridized carbons (Fsp3) is 1.00. The first-order valence-electron chi connectivity index (χ1n) is 6.42. The molecule has 0 aromatic carbocycles. The van der Waals surface area contributed by atoms with Crippen molar-refractivity contribution in [3.63, 3.8) is 0 Å². The zero-order valence-electron chi connectivity index (χ0n) is 9.81. The first kappa shape index (κ1) is 10.5. The summed E-state index contributed by atoms with van der Waals surface area (Å²) in [4.78, 5) is 0. The molecule has 1 saturated heterocycles. The summed E-state index contributed by atoms with van der Waals surface area (Å²) in [5.41, 5.74) is 0.578. The van der Waals surface area contributed by atoms with Crippen LogP contribution in [-0.2, 0) is 0 Å². The Labute approximate surface area is 88.7 Å². The van der Waals surface area contributed by atoms with Crippen molar-refractivity contribution >= 4 is 0 Å². The van der Waals surface area contributed by atoms with Crippen molar-refractivity contribution in [2.75, 3.05) is 6.54 Å². The Morgan fingerprint density at radius 1 is 1.07 bits per heavy atom. The number of hydrogen-bond donors (Lipinski definition) is 1. The maximum Gasteiger partial charge on any atom is 0.0131 e. The minimum Gasteiger partial charge on any atom is -0.313 e. The molecule has 0 radical (unpaired) electrons. The molecule has 1 unspecified atom stereocenters. The SMILES string of the molecule is CC1(C)CNC1CCC1CCCCC1. The molecule has 2 fully saturated rings. The van der Waals surface area contributed by atoms with Crippen molar-refractivity contribution in [1.82, 2.24) is 5.32 Å². The molecule has 1 atom stereocenters. The van der Waals surface area contributed by atoms with E-state index in [-0.39, 0.29) is 0 Å². The average Bonchev–Trinajstić information content (AvgIpc) is 2.18. The van der Waals surface area contributed by atoms with E-state index in [4.69, 9.17) is 0 Å². The van der Waals surface area contributed by atoms with Crippen LogP contribution in [-0.4, -0.2) is 12.6 Å². The summed E-state index contributed by atoms with van der Waals surface area (Å²) in [6.07, 6.45) is 10.4. The van der Waals surface area contributed by atoms with Gasteiger partial charge in [-0.2, -0.15) is 0 Å². The lowest BCUT2D eigenvalue weighted by Gasteiger charge is -2.46. The highest BCUT2D eigenvalue weighted by Gasteiger charge is 2.37. The molecule has 2 aliphatic rings. The number of rotatable bonds is 3. The van der Waals surface area contributed by atoms with Crippen LogP contribution in [0.5, 0.6) is 0 Å². The fourth-order valence-electron chi connectivity index (χ4n) is 3.03. The second kappa shape index (κ2) is 4.22. The molecule has 1 N–H and O–H groups in total. The van der Waals surface area contributed by atoms with Gasteiger partial charge < -0.3 is 5.32 Å². The predicted octanol–water partition coefficient (Wildman–Crippen LogP) is 3.34. The summed E-state index contributed by atoms with van der Waals surface area (Å²) in [5.74, 6) is 1.06. The van der Waals surface area contributed by atoms with Crippen LogP contribution in [0.3, 0.4) is 0 Å². The lowest BCUT2D eigenvalue weighted by molar-refractivity contribution is 0.109. The van der Waals surface area contributed by atoms with E-state index >= 15 is 0 Å². The molecule has 1 aliphatic heterocycles. The third kappa shape index (κ3) is 2.31. The van der Waals surface area contributed by atoms with Crippen LogP contribution in [0, 0.1) is 11.3 Å². The molecule has 14 heavy (non-hydrogen) atoms. The predicted molar refractivity (Wildman–Crippen MR) is 61.4 cm³/mol. The number of nitrogens with one attached hydrogen (secondary N) is 1. The molecule has 2 rings (SSSR count). The molecule has 82 valence electrons. The quantitative estimate of drug-likeness (QED) is 0.728. The van der Waals surface area contributed by atoms with Gasteiger partial charge in [0.25, 0.3) is 0 Å². The highest BCUT2D eigenvalue weighted by Crippen LogP contribution is 2.34. The molecule has 1 saturated carbocycles. The van der Waals surface area contributed by atoms with Crippen LogP contribution in [0.1, 0.15) is 58.8 Å². The van der Waals surface area contributed by atoms with E-state index < -0.39 is 0 Å². The third-order valence-corrected chi connectivity index (χ3v) is 4.34. The van der Waals surface area contributed by atoms with Gasteiger partial charge >= 0.3 is 0 Å². The fourth-order valence-corrected chi connectivity index (χ4v) is 3.03. The molecule has 0 aromatic heterocycles. The summed E-state index contributed by atoms with van der Waals surface area (Å²) in [5, 5.41) is 3.58. The van der Waals surface area contributed by atoms with Gasteiger partial charge in [0.15, 0.2) is 0 Å². The monoisotopic (exact) mass is 195 g/mol. The molecule has 1 nitrogen and oxygen atoms in total. The van der Waals surface area contributed by atoms with E-state index in [1.54, 1.807) is 0 Å². The Balaban J connectivity index is 1.66. The van der Waals surface area contributed by atoms with Crippen LogP contribution in [0.15, 0.2) is 0 Å². The van der Waals surface area contributed by atoms with Gasteiger partial charge in [-0.1, -0.05) is 46.0 Å². The van der Waals surface area contributed by atoms with Crippen molar-refractivity contribution in [2.24, 2.45) is 11.3 Å². The molecule has 0 bridgehead atoms. The second-order valence-electron chi connectivity index (χ2n) is 6.00. The van der Waals surface area contributed by atoms with Gasteiger partial charge in [0.1, 0.15) is 0 Å². The zero-order chi connectivity index (χ0) is 10.0. The first-order valence-corrected chi connectivity index (χ1v) is 6.42. The largest absolute Gasteiger partial charge is 0.313 e. The smallest absolute Gasteiger partial charge is 0.0131 e. The highest BCUT2D eigenvalue weighted by atomic mass is 15.0. The molecular formula is C13H25N. The Morgan fingerprint density at radius 3 is 2.29 bits per heavy atom. The minimum atomic E-state index is 0.578. The number of hydrogen-bond acceptors (Lipinski definition) is 1. The van der Waals surface area contributed by atoms with Crippen molar-refractivity contribution in [2.45, 2.75) is 64.8 Å². The van der Waals surface area contributed by atoms with Gasteiger partial charge in [0, 0.05) is 12.6 Å². The summed E-state index contributed by atoms with van der Waals surface area (Å²) < 4.78 is 0. The molecule has 0 aromatic rings. The van der Waals surface area contributed by atoms with Crippen molar-refractivity contribution in [1.29, 1.82) is 0 Å². The van der Waals surface area contributed by atoms with Crippen LogP contribution in [0.25, 0.3) is 0 Å². The molecule has 1 heteroatoms. The van der Waals surface area contributed by atoms with Gasteiger partial charge in [0.05, 0.1) is 0 Å². The third-order valence-electron chi connectivity index (χ3n) is 4.34. The lowest BCUT2D eigenvalue weighted by Crippen LogP contribution is -2.59. The maximum atomic E-state index is 3.58. The van der Waals surface area contributed by atoms with Gasteiger partial charge in [-0.25, -0.2) is 0 Å².